The van der Waals surface area contributed by atoms with Crippen LogP contribution in [0.4, 0.5) is 0 Å². The van der Waals surface area contributed by atoms with Gasteiger partial charge in [-0.25, -0.2) is 0 Å². The quantitative estimate of drug-likeness (QED) is 0.742. The van der Waals surface area contributed by atoms with Gasteiger partial charge in [0, 0.05) is 12.1 Å². The molecule has 0 aliphatic heterocycles. The molecular formula is C11H17NO2. The molecule has 3 heteroatoms. The fraction of sp³-hybridized carbons (Fsp3) is 0.545. The van der Waals surface area contributed by atoms with Crippen molar-refractivity contribution in [1.29, 1.82) is 0 Å². The fourth-order valence-electron chi connectivity index (χ4n) is 1.60. The van der Waals surface area contributed by atoms with Crippen molar-refractivity contribution in [3.8, 4) is 0 Å². The summed E-state index contributed by atoms with van der Waals surface area (Å²) >= 11 is 0. The van der Waals surface area contributed by atoms with Crippen LogP contribution >= 0.6 is 0 Å². The van der Waals surface area contributed by atoms with Crippen LogP contribution in [0.25, 0.3) is 0 Å². The fourth-order valence-corrected chi connectivity index (χ4v) is 1.60. The number of hydrogen-bond donors (Lipinski definition) is 0. The van der Waals surface area contributed by atoms with Crippen molar-refractivity contribution < 1.29 is 9.21 Å². The van der Waals surface area contributed by atoms with Crippen LogP contribution in [0, 0.1) is 0 Å². The molecule has 0 fully saturated rings. The molecule has 1 aromatic rings. The highest BCUT2D eigenvalue weighted by Gasteiger charge is 2.21. The predicted octanol–water partition coefficient (Wildman–Crippen LogP) is 2.54. The normalized spacial score (nSPS) is 11.0. The van der Waals surface area contributed by atoms with Crippen LogP contribution in [-0.2, 0) is 0 Å². The van der Waals surface area contributed by atoms with Crippen LogP contribution in [0.15, 0.2) is 23.0 Å². The summed E-state index contributed by atoms with van der Waals surface area (Å²) in [7, 11) is 0. The molecule has 0 aliphatic rings. The maximum absolute atomic E-state index is 12.0. The molecule has 1 heterocycles. The van der Waals surface area contributed by atoms with Crippen LogP contribution < -0.4 is 0 Å². The molecule has 3 nitrogen and oxygen atoms in total. The van der Waals surface area contributed by atoms with Gasteiger partial charge in [-0.1, -0.05) is 0 Å². The van der Waals surface area contributed by atoms with Crippen LogP contribution in [0.3, 0.4) is 0 Å². The van der Waals surface area contributed by atoms with Crippen LogP contribution in [0.5, 0.6) is 0 Å². The summed E-state index contributed by atoms with van der Waals surface area (Å²) in [6.45, 7) is 8.05. The Bertz CT molecular complexity index is 280. The van der Waals surface area contributed by atoms with Gasteiger partial charge in [0.25, 0.3) is 5.91 Å². The maximum Gasteiger partial charge on any atom is 0.257 e. The lowest BCUT2D eigenvalue weighted by molar-refractivity contribution is 0.0643. The van der Waals surface area contributed by atoms with E-state index in [0.29, 0.717) is 5.56 Å². The van der Waals surface area contributed by atoms with E-state index in [2.05, 4.69) is 0 Å². The monoisotopic (exact) mass is 195 g/mol. The summed E-state index contributed by atoms with van der Waals surface area (Å²) in [5.74, 6) is 0.0313. The highest BCUT2D eigenvalue weighted by atomic mass is 16.3. The first-order valence-corrected chi connectivity index (χ1v) is 4.89. The number of carbonyl (C=O) groups is 1. The summed E-state index contributed by atoms with van der Waals surface area (Å²) in [6, 6.07) is 2.11. The maximum atomic E-state index is 12.0. The van der Waals surface area contributed by atoms with Gasteiger partial charge in [-0.2, -0.15) is 0 Å². The van der Waals surface area contributed by atoms with Gasteiger partial charge in [0.15, 0.2) is 0 Å². The van der Waals surface area contributed by atoms with Crippen molar-refractivity contribution in [1.82, 2.24) is 4.90 Å². The van der Waals surface area contributed by atoms with Gasteiger partial charge in [-0.05, 0) is 33.8 Å². The first-order chi connectivity index (χ1) is 6.54. The minimum atomic E-state index is 0.0313. The third-order valence-corrected chi connectivity index (χ3v) is 2.12. The molecule has 0 bridgehead atoms. The van der Waals surface area contributed by atoms with Crippen molar-refractivity contribution >= 4 is 5.91 Å². The predicted molar refractivity (Wildman–Crippen MR) is 55.1 cm³/mol. The Morgan fingerprint density at radius 2 is 1.86 bits per heavy atom. The van der Waals surface area contributed by atoms with E-state index in [1.807, 2.05) is 32.6 Å². The lowest BCUT2D eigenvalue weighted by atomic mass is 10.2. The minimum Gasteiger partial charge on any atom is -0.472 e. The lowest BCUT2D eigenvalue weighted by Crippen LogP contribution is -2.41. The molecule has 0 saturated heterocycles. The van der Waals surface area contributed by atoms with Crippen LogP contribution in [-0.4, -0.2) is 22.9 Å². The van der Waals surface area contributed by atoms with E-state index >= 15 is 0 Å². The Morgan fingerprint density at radius 1 is 1.29 bits per heavy atom. The molecule has 14 heavy (non-hydrogen) atoms. The topological polar surface area (TPSA) is 33.5 Å². The van der Waals surface area contributed by atoms with Crippen LogP contribution in [0.2, 0.25) is 0 Å². The van der Waals surface area contributed by atoms with E-state index in [9.17, 15) is 4.79 Å². The Balaban J connectivity index is 2.85. The molecule has 78 valence electrons. The molecular weight excluding hydrogens is 178 g/mol. The largest absolute Gasteiger partial charge is 0.472 e. The van der Waals surface area contributed by atoms with Crippen molar-refractivity contribution in [3.63, 3.8) is 0 Å². The van der Waals surface area contributed by atoms with E-state index in [0.717, 1.165) is 0 Å². The second-order valence-corrected chi connectivity index (χ2v) is 3.91. The number of rotatable bonds is 3. The number of furan rings is 1. The first-order valence-electron chi connectivity index (χ1n) is 4.89. The van der Waals surface area contributed by atoms with Crippen molar-refractivity contribution in [2.24, 2.45) is 0 Å². The third-order valence-electron chi connectivity index (χ3n) is 2.12. The van der Waals surface area contributed by atoms with Crippen molar-refractivity contribution in [2.75, 3.05) is 0 Å². The molecule has 0 saturated carbocycles. The van der Waals surface area contributed by atoms with E-state index in [-0.39, 0.29) is 18.0 Å². The van der Waals surface area contributed by atoms with Gasteiger partial charge in [-0.3, -0.25) is 4.79 Å². The standard InChI is InChI=1S/C11H17NO2/c1-8(2)12(9(3)4)11(13)10-5-6-14-7-10/h5-9H,1-4H3. The summed E-state index contributed by atoms with van der Waals surface area (Å²) in [5.41, 5.74) is 0.618. The van der Waals surface area contributed by atoms with Gasteiger partial charge in [0.2, 0.25) is 0 Å². The molecule has 1 rings (SSSR count). The van der Waals surface area contributed by atoms with Gasteiger partial charge >= 0.3 is 0 Å². The van der Waals surface area contributed by atoms with Crippen molar-refractivity contribution in [2.45, 2.75) is 39.8 Å². The third kappa shape index (κ3) is 2.16. The second kappa shape index (κ2) is 4.31. The van der Waals surface area contributed by atoms with Gasteiger partial charge in [0.05, 0.1) is 11.8 Å². The number of carbonyl (C=O) groups excluding carboxylic acids is 1. The van der Waals surface area contributed by atoms with E-state index < -0.39 is 0 Å². The Hall–Kier alpha value is -1.25. The SMILES string of the molecule is CC(C)N(C(=O)c1ccoc1)C(C)C. The molecule has 0 atom stereocenters. The van der Waals surface area contributed by atoms with Gasteiger partial charge in [-0.15, -0.1) is 0 Å². The first kappa shape index (κ1) is 10.8. The van der Waals surface area contributed by atoms with Gasteiger partial charge < -0.3 is 9.32 Å². The molecule has 0 spiro atoms. The average molecular weight is 195 g/mol. The average Bonchev–Trinajstić information content (AvgIpc) is 2.53. The lowest BCUT2D eigenvalue weighted by Gasteiger charge is -2.30. The van der Waals surface area contributed by atoms with Crippen molar-refractivity contribution in [3.05, 3.63) is 24.2 Å². The molecule has 0 N–H and O–H groups in total. The van der Waals surface area contributed by atoms with E-state index in [4.69, 9.17) is 4.42 Å². The Morgan fingerprint density at radius 3 is 2.21 bits per heavy atom. The zero-order valence-corrected chi connectivity index (χ0v) is 9.15. The number of hydrogen-bond acceptors (Lipinski definition) is 2. The zero-order chi connectivity index (χ0) is 10.7. The second-order valence-electron chi connectivity index (χ2n) is 3.91. The molecule has 0 aliphatic carbocycles. The highest BCUT2D eigenvalue weighted by Crippen LogP contribution is 2.12. The highest BCUT2D eigenvalue weighted by molar-refractivity contribution is 5.94. The smallest absolute Gasteiger partial charge is 0.257 e. The minimum absolute atomic E-state index is 0.0313. The Kier molecular flexibility index (Phi) is 3.33. The van der Waals surface area contributed by atoms with Crippen LogP contribution in [0.1, 0.15) is 38.1 Å². The molecule has 1 amide bonds. The summed E-state index contributed by atoms with van der Waals surface area (Å²) in [5, 5.41) is 0. The summed E-state index contributed by atoms with van der Waals surface area (Å²) in [6.07, 6.45) is 3.01. The zero-order valence-electron chi connectivity index (χ0n) is 9.15. The van der Waals surface area contributed by atoms with E-state index in [1.54, 1.807) is 6.07 Å². The summed E-state index contributed by atoms with van der Waals surface area (Å²) < 4.78 is 4.90. The number of nitrogens with zero attached hydrogens (tertiary/aromatic N) is 1. The number of amides is 1. The molecule has 0 unspecified atom stereocenters. The summed E-state index contributed by atoms with van der Waals surface area (Å²) in [4.78, 5) is 13.8. The van der Waals surface area contributed by atoms with Gasteiger partial charge in [0.1, 0.15) is 6.26 Å². The molecule has 1 aromatic heterocycles. The molecule has 0 radical (unpaired) electrons. The Labute approximate surface area is 84.7 Å². The van der Waals surface area contributed by atoms with E-state index in [1.165, 1.54) is 12.5 Å². The molecule has 0 aromatic carbocycles.